The SMILES string of the molecule is CCCOc1c(C)ccc(C)c1C(N)=O. The molecule has 82 valence electrons. The van der Waals surface area contributed by atoms with Crippen LogP contribution in [-0.4, -0.2) is 12.5 Å². The topological polar surface area (TPSA) is 52.3 Å². The summed E-state index contributed by atoms with van der Waals surface area (Å²) in [6, 6.07) is 3.82. The van der Waals surface area contributed by atoms with Crippen LogP contribution in [0.15, 0.2) is 12.1 Å². The Bertz CT molecular complexity index is 372. The number of aryl methyl sites for hydroxylation is 2. The van der Waals surface area contributed by atoms with Crippen molar-refractivity contribution in [1.29, 1.82) is 0 Å². The largest absolute Gasteiger partial charge is 0.492 e. The zero-order valence-corrected chi connectivity index (χ0v) is 9.46. The number of carbonyl (C=O) groups is 1. The predicted molar refractivity (Wildman–Crippen MR) is 60.2 cm³/mol. The number of benzene rings is 1. The Morgan fingerprint density at radius 2 is 1.93 bits per heavy atom. The molecule has 2 N–H and O–H groups in total. The van der Waals surface area contributed by atoms with Crippen LogP contribution in [0.5, 0.6) is 5.75 Å². The van der Waals surface area contributed by atoms with Crippen LogP contribution in [0.3, 0.4) is 0 Å². The van der Waals surface area contributed by atoms with Crippen molar-refractivity contribution in [3.8, 4) is 5.75 Å². The van der Waals surface area contributed by atoms with Crippen LogP contribution in [-0.2, 0) is 0 Å². The lowest BCUT2D eigenvalue weighted by atomic mass is 10.0. The molecule has 1 aromatic carbocycles. The molecule has 0 fully saturated rings. The molecule has 1 amide bonds. The molecule has 1 rings (SSSR count). The van der Waals surface area contributed by atoms with Crippen LogP contribution in [0.2, 0.25) is 0 Å². The zero-order valence-electron chi connectivity index (χ0n) is 9.46. The van der Waals surface area contributed by atoms with Crippen LogP contribution >= 0.6 is 0 Å². The van der Waals surface area contributed by atoms with E-state index >= 15 is 0 Å². The Labute approximate surface area is 90.2 Å². The van der Waals surface area contributed by atoms with Crippen LogP contribution in [0.4, 0.5) is 0 Å². The molecule has 0 radical (unpaired) electrons. The van der Waals surface area contributed by atoms with Gasteiger partial charge in [-0.05, 0) is 31.4 Å². The number of carbonyl (C=O) groups excluding carboxylic acids is 1. The van der Waals surface area contributed by atoms with Crippen LogP contribution < -0.4 is 10.5 Å². The molecule has 0 aromatic heterocycles. The average molecular weight is 207 g/mol. The summed E-state index contributed by atoms with van der Waals surface area (Å²) in [4.78, 5) is 11.3. The summed E-state index contributed by atoms with van der Waals surface area (Å²) in [5.74, 6) is 0.201. The van der Waals surface area contributed by atoms with Crippen LogP contribution in [0, 0.1) is 13.8 Å². The molecule has 0 aliphatic carbocycles. The van der Waals surface area contributed by atoms with E-state index in [1.54, 1.807) is 0 Å². The summed E-state index contributed by atoms with van der Waals surface area (Å²) < 4.78 is 5.56. The standard InChI is InChI=1S/C12H17NO2/c1-4-7-15-11-9(3)6-5-8(2)10(11)12(13)14/h5-6H,4,7H2,1-3H3,(H2,13,14). The van der Waals surface area contributed by atoms with Gasteiger partial charge in [0.15, 0.2) is 0 Å². The molecule has 0 saturated heterocycles. The molecule has 0 aliphatic rings. The first kappa shape index (κ1) is 11.6. The highest BCUT2D eigenvalue weighted by molar-refractivity contribution is 5.97. The second-order valence-electron chi connectivity index (χ2n) is 3.62. The van der Waals surface area contributed by atoms with Crippen molar-refractivity contribution in [3.05, 3.63) is 28.8 Å². The highest BCUT2D eigenvalue weighted by atomic mass is 16.5. The van der Waals surface area contributed by atoms with Gasteiger partial charge in [0, 0.05) is 0 Å². The first-order valence-electron chi connectivity index (χ1n) is 5.10. The molecule has 3 nitrogen and oxygen atoms in total. The summed E-state index contributed by atoms with van der Waals surface area (Å²) in [6.45, 7) is 6.40. The fraction of sp³-hybridized carbons (Fsp3) is 0.417. The van der Waals surface area contributed by atoms with Crippen molar-refractivity contribution in [2.75, 3.05) is 6.61 Å². The molecule has 0 aliphatic heterocycles. The molecule has 0 bridgehead atoms. The Morgan fingerprint density at radius 3 is 2.47 bits per heavy atom. The van der Waals surface area contributed by atoms with E-state index in [4.69, 9.17) is 10.5 Å². The molecular formula is C12H17NO2. The molecule has 15 heavy (non-hydrogen) atoms. The van der Waals surface area contributed by atoms with Gasteiger partial charge in [0.25, 0.3) is 5.91 Å². The van der Waals surface area contributed by atoms with Crippen LogP contribution in [0.1, 0.15) is 34.8 Å². The molecular weight excluding hydrogens is 190 g/mol. The smallest absolute Gasteiger partial charge is 0.252 e. The fourth-order valence-corrected chi connectivity index (χ4v) is 1.48. The first-order valence-corrected chi connectivity index (χ1v) is 5.10. The van der Waals surface area contributed by atoms with E-state index in [1.165, 1.54) is 0 Å². The molecule has 0 unspecified atom stereocenters. The fourth-order valence-electron chi connectivity index (χ4n) is 1.48. The minimum Gasteiger partial charge on any atom is -0.492 e. The maximum atomic E-state index is 11.3. The van der Waals surface area contributed by atoms with Gasteiger partial charge in [0.2, 0.25) is 0 Å². The van der Waals surface area contributed by atoms with Gasteiger partial charge in [-0.3, -0.25) is 4.79 Å². The molecule has 1 aromatic rings. The Kier molecular flexibility index (Phi) is 3.72. The van der Waals surface area contributed by atoms with Gasteiger partial charge in [-0.25, -0.2) is 0 Å². The van der Waals surface area contributed by atoms with Gasteiger partial charge in [-0.2, -0.15) is 0 Å². The van der Waals surface area contributed by atoms with Crippen molar-refractivity contribution < 1.29 is 9.53 Å². The first-order chi connectivity index (χ1) is 7.07. The summed E-state index contributed by atoms with van der Waals surface area (Å²) >= 11 is 0. The van der Waals surface area contributed by atoms with Gasteiger partial charge >= 0.3 is 0 Å². The van der Waals surface area contributed by atoms with Gasteiger partial charge in [0.05, 0.1) is 12.2 Å². The second-order valence-corrected chi connectivity index (χ2v) is 3.62. The van der Waals surface area contributed by atoms with E-state index in [-0.39, 0.29) is 0 Å². The monoisotopic (exact) mass is 207 g/mol. The van der Waals surface area contributed by atoms with Crippen LogP contribution in [0.25, 0.3) is 0 Å². The summed E-state index contributed by atoms with van der Waals surface area (Å²) in [6.07, 6.45) is 0.908. The molecule has 0 heterocycles. The van der Waals surface area contributed by atoms with E-state index in [9.17, 15) is 4.79 Å². The number of rotatable bonds is 4. The lowest BCUT2D eigenvalue weighted by Gasteiger charge is -2.13. The maximum absolute atomic E-state index is 11.3. The van der Waals surface area contributed by atoms with Crippen molar-refractivity contribution >= 4 is 5.91 Å². The Hall–Kier alpha value is -1.51. The zero-order chi connectivity index (χ0) is 11.4. The Balaban J connectivity index is 3.19. The predicted octanol–water partition coefficient (Wildman–Crippen LogP) is 2.19. The lowest BCUT2D eigenvalue weighted by molar-refractivity contribution is 0.0995. The maximum Gasteiger partial charge on any atom is 0.252 e. The van der Waals surface area contributed by atoms with Crippen molar-refractivity contribution in [1.82, 2.24) is 0 Å². The summed E-state index contributed by atoms with van der Waals surface area (Å²) in [7, 11) is 0. The van der Waals surface area contributed by atoms with Gasteiger partial charge < -0.3 is 10.5 Å². The van der Waals surface area contributed by atoms with Crippen molar-refractivity contribution in [2.24, 2.45) is 5.73 Å². The number of hydrogen-bond donors (Lipinski definition) is 1. The number of ether oxygens (including phenoxy) is 1. The molecule has 0 atom stereocenters. The normalized spacial score (nSPS) is 10.1. The highest BCUT2D eigenvalue weighted by Gasteiger charge is 2.14. The van der Waals surface area contributed by atoms with Crippen molar-refractivity contribution in [2.45, 2.75) is 27.2 Å². The van der Waals surface area contributed by atoms with Gasteiger partial charge in [0.1, 0.15) is 5.75 Å². The third-order valence-electron chi connectivity index (χ3n) is 2.26. The average Bonchev–Trinajstić information content (AvgIpc) is 2.18. The summed E-state index contributed by atoms with van der Waals surface area (Å²) in [5, 5.41) is 0. The third-order valence-corrected chi connectivity index (χ3v) is 2.26. The van der Waals surface area contributed by atoms with Gasteiger partial charge in [-0.1, -0.05) is 19.1 Å². The van der Waals surface area contributed by atoms with E-state index in [0.717, 1.165) is 17.5 Å². The molecule has 3 heteroatoms. The number of nitrogens with two attached hydrogens (primary N) is 1. The van der Waals surface area contributed by atoms with E-state index in [1.807, 2.05) is 32.9 Å². The van der Waals surface area contributed by atoms with E-state index in [0.29, 0.717) is 17.9 Å². The third kappa shape index (κ3) is 2.49. The minimum absolute atomic E-state index is 0.428. The number of hydrogen-bond acceptors (Lipinski definition) is 2. The van der Waals surface area contributed by atoms with E-state index in [2.05, 4.69) is 0 Å². The second kappa shape index (κ2) is 4.82. The number of primary amides is 1. The Morgan fingerprint density at radius 1 is 1.33 bits per heavy atom. The number of amides is 1. The lowest BCUT2D eigenvalue weighted by Crippen LogP contribution is -2.15. The molecule has 0 saturated carbocycles. The van der Waals surface area contributed by atoms with E-state index < -0.39 is 5.91 Å². The summed E-state index contributed by atoms with van der Waals surface area (Å²) in [5.41, 5.74) is 7.65. The van der Waals surface area contributed by atoms with Gasteiger partial charge in [-0.15, -0.1) is 0 Å². The minimum atomic E-state index is -0.428. The highest BCUT2D eigenvalue weighted by Crippen LogP contribution is 2.26. The molecule has 0 spiro atoms. The van der Waals surface area contributed by atoms with Crippen molar-refractivity contribution in [3.63, 3.8) is 0 Å². The quantitative estimate of drug-likeness (QED) is 0.822.